The van der Waals surface area contributed by atoms with E-state index in [2.05, 4.69) is 5.32 Å². The summed E-state index contributed by atoms with van der Waals surface area (Å²) in [7, 11) is 0.491. The van der Waals surface area contributed by atoms with Gasteiger partial charge >= 0.3 is 5.97 Å². The number of amides is 1. The van der Waals surface area contributed by atoms with Crippen LogP contribution in [-0.2, 0) is 19.6 Å². The van der Waals surface area contributed by atoms with Gasteiger partial charge in [0.15, 0.2) is 6.10 Å². The average Bonchev–Trinajstić information content (AvgIpc) is 2.69. The Morgan fingerprint density at radius 1 is 1.20 bits per heavy atom. The average molecular weight is 456 g/mol. The number of hydrogen-bond donors (Lipinski definition) is 2. The summed E-state index contributed by atoms with van der Waals surface area (Å²) in [6, 6.07) is 8.39. The van der Waals surface area contributed by atoms with Gasteiger partial charge in [-0.15, -0.1) is 0 Å². The minimum absolute atomic E-state index is 0.00965. The highest BCUT2D eigenvalue weighted by Gasteiger charge is 2.23. The molecular weight excluding hydrogens is 434 g/mol. The molecular formula is C19H22ClN3O6S. The maximum absolute atomic E-state index is 12.4. The Labute approximate surface area is 179 Å². The van der Waals surface area contributed by atoms with Crippen LogP contribution >= 0.6 is 11.6 Å². The zero-order chi connectivity index (χ0) is 22.6. The number of hydrogen-bond acceptors (Lipinski definition) is 7. The van der Waals surface area contributed by atoms with Crippen LogP contribution < -0.4 is 15.8 Å². The first-order chi connectivity index (χ1) is 14.0. The number of carbonyl (C=O) groups excluding carboxylic acids is 2. The minimum atomic E-state index is -3.67. The number of nitrogens with two attached hydrogens (primary N) is 1. The second-order valence-electron chi connectivity index (χ2n) is 6.43. The molecule has 1 atom stereocenters. The highest BCUT2D eigenvalue weighted by atomic mass is 35.5. The van der Waals surface area contributed by atoms with Crippen LogP contribution in [0.3, 0.4) is 0 Å². The smallest absolute Gasteiger partial charge is 0.342 e. The molecule has 0 aliphatic carbocycles. The molecule has 0 saturated heterocycles. The Balaban J connectivity index is 2.14. The van der Waals surface area contributed by atoms with Crippen LogP contribution in [0.5, 0.6) is 5.75 Å². The lowest BCUT2D eigenvalue weighted by molar-refractivity contribution is -0.123. The first-order valence-corrected chi connectivity index (χ1v) is 10.5. The molecule has 30 heavy (non-hydrogen) atoms. The van der Waals surface area contributed by atoms with Crippen molar-refractivity contribution in [2.24, 2.45) is 0 Å². The lowest BCUT2D eigenvalue weighted by atomic mass is 10.2. The third kappa shape index (κ3) is 5.21. The van der Waals surface area contributed by atoms with Crippen molar-refractivity contribution in [2.75, 3.05) is 32.3 Å². The number of carbonyl (C=O) groups is 2. The molecule has 162 valence electrons. The van der Waals surface area contributed by atoms with Gasteiger partial charge in [0.25, 0.3) is 5.91 Å². The number of methoxy groups -OCH3 is 1. The van der Waals surface area contributed by atoms with Crippen molar-refractivity contribution in [2.45, 2.75) is 17.9 Å². The number of nitrogens with one attached hydrogen (secondary N) is 1. The Kier molecular flexibility index (Phi) is 7.30. The van der Waals surface area contributed by atoms with Gasteiger partial charge in [-0.1, -0.05) is 17.7 Å². The van der Waals surface area contributed by atoms with Crippen molar-refractivity contribution in [3.05, 3.63) is 47.0 Å². The molecule has 2 aromatic carbocycles. The summed E-state index contributed by atoms with van der Waals surface area (Å²) in [6.45, 7) is 1.37. The summed E-state index contributed by atoms with van der Waals surface area (Å²) in [4.78, 5) is 24.9. The predicted molar refractivity (Wildman–Crippen MR) is 113 cm³/mol. The van der Waals surface area contributed by atoms with E-state index in [-0.39, 0.29) is 32.6 Å². The number of halogens is 1. The topological polar surface area (TPSA) is 128 Å². The molecule has 0 radical (unpaired) electrons. The van der Waals surface area contributed by atoms with Crippen LogP contribution in [0, 0.1) is 0 Å². The number of sulfonamides is 1. The number of esters is 1. The van der Waals surface area contributed by atoms with Crippen LogP contribution in [-0.4, -0.2) is 51.9 Å². The van der Waals surface area contributed by atoms with Crippen molar-refractivity contribution < 1.29 is 27.5 Å². The van der Waals surface area contributed by atoms with Crippen LogP contribution in [0.15, 0.2) is 41.3 Å². The van der Waals surface area contributed by atoms with E-state index in [4.69, 9.17) is 26.8 Å². The zero-order valence-electron chi connectivity index (χ0n) is 16.8. The molecule has 0 aliphatic rings. The lowest BCUT2D eigenvalue weighted by Crippen LogP contribution is -2.30. The van der Waals surface area contributed by atoms with Gasteiger partial charge in [0.1, 0.15) is 11.3 Å². The van der Waals surface area contributed by atoms with E-state index in [0.29, 0.717) is 0 Å². The summed E-state index contributed by atoms with van der Waals surface area (Å²) in [5.41, 5.74) is 6.16. The van der Waals surface area contributed by atoms with Gasteiger partial charge in [0.05, 0.1) is 22.7 Å². The number of ether oxygens (including phenoxy) is 2. The SMILES string of the molecule is COc1cc(N)c(Cl)cc1C(=O)O[C@@H](C)C(=O)Nc1cccc(S(=O)(=O)N(C)C)c1. The normalized spacial score (nSPS) is 12.3. The Hall–Kier alpha value is -2.82. The summed E-state index contributed by atoms with van der Waals surface area (Å²) in [6.07, 6.45) is -1.19. The van der Waals surface area contributed by atoms with E-state index in [0.717, 1.165) is 4.31 Å². The van der Waals surface area contributed by atoms with Crippen molar-refractivity contribution in [3.63, 3.8) is 0 Å². The monoisotopic (exact) mass is 455 g/mol. The maximum Gasteiger partial charge on any atom is 0.342 e. The van der Waals surface area contributed by atoms with Crippen LogP contribution in [0.25, 0.3) is 0 Å². The van der Waals surface area contributed by atoms with E-state index in [9.17, 15) is 18.0 Å². The van der Waals surface area contributed by atoms with Gasteiger partial charge < -0.3 is 20.5 Å². The zero-order valence-corrected chi connectivity index (χ0v) is 18.4. The van der Waals surface area contributed by atoms with Gasteiger partial charge in [-0.05, 0) is 31.2 Å². The van der Waals surface area contributed by atoms with E-state index >= 15 is 0 Å². The summed E-state index contributed by atoms with van der Waals surface area (Å²) in [5, 5.41) is 2.66. The summed E-state index contributed by atoms with van der Waals surface area (Å²) in [5.74, 6) is -1.33. The number of nitrogen functional groups attached to an aromatic ring is 1. The highest BCUT2D eigenvalue weighted by Crippen LogP contribution is 2.29. The van der Waals surface area contributed by atoms with Gasteiger partial charge in [0.2, 0.25) is 10.0 Å². The first-order valence-electron chi connectivity index (χ1n) is 8.64. The quantitative estimate of drug-likeness (QED) is 0.484. The third-order valence-electron chi connectivity index (χ3n) is 4.07. The molecule has 0 unspecified atom stereocenters. The second-order valence-corrected chi connectivity index (χ2v) is 8.99. The Morgan fingerprint density at radius 2 is 1.87 bits per heavy atom. The van der Waals surface area contributed by atoms with Crippen molar-refractivity contribution in [1.29, 1.82) is 0 Å². The molecule has 11 heteroatoms. The number of rotatable bonds is 7. The van der Waals surface area contributed by atoms with Crippen LogP contribution in [0.2, 0.25) is 5.02 Å². The molecule has 3 N–H and O–H groups in total. The van der Waals surface area contributed by atoms with Crippen molar-refractivity contribution in [3.8, 4) is 5.75 Å². The van der Waals surface area contributed by atoms with E-state index in [1.807, 2.05) is 0 Å². The van der Waals surface area contributed by atoms with Gasteiger partial charge in [-0.3, -0.25) is 4.79 Å². The van der Waals surface area contributed by atoms with Gasteiger partial charge in [-0.2, -0.15) is 0 Å². The third-order valence-corrected chi connectivity index (χ3v) is 6.21. The lowest BCUT2D eigenvalue weighted by Gasteiger charge is -2.16. The molecule has 0 bridgehead atoms. The fourth-order valence-corrected chi connectivity index (χ4v) is 3.48. The van der Waals surface area contributed by atoms with Crippen LogP contribution in [0.1, 0.15) is 17.3 Å². The molecule has 1 amide bonds. The second kappa shape index (κ2) is 9.33. The molecule has 9 nitrogen and oxygen atoms in total. The predicted octanol–water partition coefficient (Wildman–Crippen LogP) is 2.37. The molecule has 0 fully saturated rings. The van der Waals surface area contributed by atoms with Gasteiger partial charge in [-0.25, -0.2) is 17.5 Å². The molecule has 0 aliphatic heterocycles. The van der Waals surface area contributed by atoms with E-state index in [1.54, 1.807) is 0 Å². The number of nitrogens with zero attached hydrogens (tertiary/aromatic N) is 1. The number of benzene rings is 2. The fraction of sp³-hybridized carbons (Fsp3) is 0.263. The number of anilines is 2. The van der Waals surface area contributed by atoms with Crippen molar-refractivity contribution in [1.82, 2.24) is 4.31 Å². The molecule has 0 spiro atoms. The van der Waals surface area contributed by atoms with Crippen LogP contribution in [0.4, 0.5) is 11.4 Å². The highest BCUT2D eigenvalue weighted by molar-refractivity contribution is 7.89. The molecule has 2 rings (SSSR count). The van der Waals surface area contributed by atoms with Gasteiger partial charge in [0, 0.05) is 25.8 Å². The minimum Gasteiger partial charge on any atom is -0.496 e. The molecule has 2 aromatic rings. The van der Waals surface area contributed by atoms with E-state index < -0.39 is 28.0 Å². The summed E-state index contributed by atoms with van der Waals surface area (Å²) < 4.78 is 35.8. The summed E-state index contributed by atoms with van der Waals surface area (Å²) >= 11 is 5.95. The molecule has 0 saturated carbocycles. The fourth-order valence-electron chi connectivity index (χ4n) is 2.36. The maximum atomic E-state index is 12.4. The first kappa shape index (κ1) is 23.5. The standard InChI is InChI=1S/C19H22ClN3O6S/c1-11(29-19(25)14-9-15(20)16(21)10-17(14)28-4)18(24)22-12-6-5-7-13(8-12)30(26,27)23(2)3/h5-11H,21H2,1-4H3,(H,22,24)/t11-/m0/s1. The molecule has 0 heterocycles. The van der Waals surface area contributed by atoms with E-state index in [1.165, 1.54) is 64.5 Å². The molecule has 0 aromatic heterocycles. The Morgan fingerprint density at radius 3 is 2.47 bits per heavy atom. The largest absolute Gasteiger partial charge is 0.496 e. The Bertz CT molecular complexity index is 1070. The van der Waals surface area contributed by atoms with Crippen molar-refractivity contribution >= 4 is 44.9 Å².